The second kappa shape index (κ2) is 5.07. The van der Waals surface area contributed by atoms with Gasteiger partial charge in [-0.15, -0.1) is 0 Å². The lowest BCUT2D eigenvalue weighted by Crippen LogP contribution is -2.09. The summed E-state index contributed by atoms with van der Waals surface area (Å²) in [5.41, 5.74) is 4.99. The van der Waals surface area contributed by atoms with Crippen LogP contribution in [0.5, 0.6) is 0 Å². The zero-order chi connectivity index (χ0) is 12.3. The van der Waals surface area contributed by atoms with Crippen molar-refractivity contribution in [1.29, 1.82) is 0 Å². The van der Waals surface area contributed by atoms with Crippen LogP contribution in [0.2, 0.25) is 5.02 Å². The number of pyridine rings is 1. The Bertz CT molecular complexity index is 389. The van der Waals surface area contributed by atoms with E-state index in [1.54, 1.807) is 0 Å². The van der Waals surface area contributed by atoms with E-state index in [4.69, 9.17) is 17.3 Å². The van der Waals surface area contributed by atoms with Crippen molar-refractivity contribution in [3.8, 4) is 0 Å². The fourth-order valence-corrected chi connectivity index (χ4v) is 1.43. The van der Waals surface area contributed by atoms with Crippen molar-refractivity contribution < 1.29 is 18.3 Å². The number of rotatable bonds is 3. The lowest BCUT2D eigenvalue weighted by Gasteiger charge is -2.08. The average molecular weight is 251 g/mol. The summed E-state index contributed by atoms with van der Waals surface area (Å²) >= 11 is 5.60. The highest BCUT2D eigenvalue weighted by molar-refractivity contribution is 6.31. The summed E-state index contributed by atoms with van der Waals surface area (Å²) in [7, 11) is 1.21. The van der Waals surface area contributed by atoms with Gasteiger partial charge >= 0.3 is 5.97 Å². The van der Waals surface area contributed by atoms with E-state index in [1.807, 2.05) is 0 Å². The van der Waals surface area contributed by atoms with Gasteiger partial charge in [0.2, 0.25) is 0 Å². The molecule has 0 spiro atoms. The summed E-state index contributed by atoms with van der Waals surface area (Å²) in [5.74, 6) is -0.922. The molecular weight excluding hydrogens is 242 g/mol. The summed E-state index contributed by atoms with van der Waals surface area (Å²) in [4.78, 5) is 14.6. The van der Waals surface area contributed by atoms with Gasteiger partial charge in [-0.25, -0.2) is 13.8 Å². The van der Waals surface area contributed by atoms with E-state index < -0.39 is 18.0 Å². The van der Waals surface area contributed by atoms with E-state index in [9.17, 15) is 13.6 Å². The SMILES string of the molecule is COC(=O)Cc1cc(Cl)c(C(F)F)c(N)n1. The van der Waals surface area contributed by atoms with Crippen molar-refractivity contribution in [2.75, 3.05) is 12.8 Å². The number of aromatic nitrogens is 1. The fourth-order valence-electron chi connectivity index (χ4n) is 1.12. The molecule has 7 heteroatoms. The van der Waals surface area contributed by atoms with Crippen molar-refractivity contribution in [1.82, 2.24) is 4.98 Å². The predicted molar refractivity (Wildman–Crippen MR) is 54.3 cm³/mol. The molecule has 0 aliphatic heterocycles. The molecule has 1 aromatic heterocycles. The number of anilines is 1. The lowest BCUT2D eigenvalue weighted by atomic mass is 10.2. The molecule has 16 heavy (non-hydrogen) atoms. The van der Waals surface area contributed by atoms with Crippen LogP contribution in [0.4, 0.5) is 14.6 Å². The molecule has 0 radical (unpaired) electrons. The Balaban J connectivity index is 3.05. The molecule has 1 heterocycles. The number of nitrogen functional groups attached to an aromatic ring is 1. The number of ether oxygens (including phenoxy) is 1. The van der Waals surface area contributed by atoms with E-state index >= 15 is 0 Å². The van der Waals surface area contributed by atoms with Gasteiger partial charge in [0, 0.05) is 0 Å². The standard InChI is InChI=1S/C9H9ClF2N2O2/c1-16-6(15)3-4-2-5(10)7(8(11)12)9(13)14-4/h2,8H,3H2,1H3,(H2,13,14). The summed E-state index contributed by atoms with van der Waals surface area (Å²) in [6, 6.07) is 1.18. The molecule has 2 N–H and O–H groups in total. The number of nitrogens with zero attached hydrogens (tertiary/aromatic N) is 1. The first-order valence-electron chi connectivity index (χ1n) is 4.25. The Morgan fingerprint density at radius 2 is 2.31 bits per heavy atom. The molecule has 0 aromatic carbocycles. The van der Waals surface area contributed by atoms with Gasteiger partial charge in [-0.1, -0.05) is 11.6 Å². The van der Waals surface area contributed by atoms with Gasteiger partial charge in [-0.05, 0) is 6.07 Å². The number of carbonyl (C=O) groups excluding carboxylic acids is 1. The molecule has 0 fully saturated rings. The number of halogens is 3. The van der Waals surface area contributed by atoms with Gasteiger partial charge in [0.25, 0.3) is 6.43 Å². The van der Waals surface area contributed by atoms with Gasteiger partial charge in [-0.2, -0.15) is 0 Å². The van der Waals surface area contributed by atoms with Crippen LogP contribution in [0.25, 0.3) is 0 Å². The van der Waals surface area contributed by atoms with Crippen molar-refractivity contribution in [2.45, 2.75) is 12.8 Å². The zero-order valence-corrected chi connectivity index (χ0v) is 9.09. The van der Waals surface area contributed by atoms with Crippen LogP contribution in [0.3, 0.4) is 0 Å². The average Bonchev–Trinajstić information content (AvgIpc) is 2.15. The first-order valence-corrected chi connectivity index (χ1v) is 4.63. The van der Waals surface area contributed by atoms with Crippen molar-refractivity contribution in [2.24, 2.45) is 0 Å². The molecule has 0 bridgehead atoms. The molecule has 0 saturated heterocycles. The fraction of sp³-hybridized carbons (Fsp3) is 0.333. The van der Waals surface area contributed by atoms with Crippen molar-refractivity contribution in [3.63, 3.8) is 0 Å². The number of alkyl halides is 2. The monoisotopic (exact) mass is 250 g/mol. The molecule has 1 aromatic rings. The first kappa shape index (κ1) is 12.6. The van der Waals surface area contributed by atoms with E-state index in [0.717, 1.165) is 0 Å². The second-order valence-electron chi connectivity index (χ2n) is 2.95. The molecular formula is C9H9ClF2N2O2. The van der Waals surface area contributed by atoms with Crippen LogP contribution in [0.1, 0.15) is 17.7 Å². The minimum Gasteiger partial charge on any atom is -0.469 e. The van der Waals surface area contributed by atoms with E-state index in [-0.39, 0.29) is 23.0 Å². The third kappa shape index (κ3) is 2.79. The van der Waals surface area contributed by atoms with Crippen LogP contribution in [-0.2, 0) is 16.0 Å². The van der Waals surface area contributed by atoms with Crippen LogP contribution in [-0.4, -0.2) is 18.1 Å². The third-order valence-electron chi connectivity index (χ3n) is 1.86. The minimum absolute atomic E-state index is 0.163. The van der Waals surface area contributed by atoms with Crippen LogP contribution in [0, 0.1) is 0 Å². The van der Waals surface area contributed by atoms with E-state index in [2.05, 4.69) is 9.72 Å². The van der Waals surface area contributed by atoms with Crippen molar-refractivity contribution >= 4 is 23.4 Å². The summed E-state index contributed by atoms with van der Waals surface area (Å²) < 4.78 is 29.3. The minimum atomic E-state index is -2.80. The molecule has 4 nitrogen and oxygen atoms in total. The molecule has 0 unspecified atom stereocenters. The molecule has 0 saturated carbocycles. The maximum atomic E-state index is 12.5. The van der Waals surface area contributed by atoms with Crippen LogP contribution < -0.4 is 5.73 Å². The van der Waals surface area contributed by atoms with E-state index in [0.29, 0.717) is 0 Å². The Morgan fingerprint density at radius 3 is 2.75 bits per heavy atom. The van der Waals surface area contributed by atoms with Gasteiger partial charge in [0.05, 0.1) is 29.8 Å². The number of nitrogens with two attached hydrogens (primary N) is 1. The predicted octanol–water partition coefficient (Wildman–Crippen LogP) is 1.97. The summed E-state index contributed by atoms with van der Waals surface area (Å²) in [6.45, 7) is 0. The Kier molecular flexibility index (Phi) is 4.00. The second-order valence-corrected chi connectivity index (χ2v) is 3.36. The maximum absolute atomic E-state index is 12.5. The normalized spacial score (nSPS) is 10.6. The van der Waals surface area contributed by atoms with Gasteiger partial charge in [-0.3, -0.25) is 4.79 Å². The van der Waals surface area contributed by atoms with E-state index in [1.165, 1.54) is 13.2 Å². The van der Waals surface area contributed by atoms with Gasteiger partial charge < -0.3 is 10.5 Å². The van der Waals surface area contributed by atoms with Crippen LogP contribution >= 0.6 is 11.6 Å². The topological polar surface area (TPSA) is 65.2 Å². The zero-order valence-electron chi connectivity index (χ0n) is 8.34. The number of esters is 1. The summed E-state index contributed by atoms with van der Waals surface area (Å²) in [5, 5.41) is -0.207. The molecule has 0 atom stereocenters. The third-order valence-corrected chi connectivity index (χ3v) is 2.17. The molecule has 0 aliphatic rings. The lowest BCUT2D eigenvalue weighted by molar-refractivity contribution is -0.139. The quantitative estimate of drug-likeness (QED) is 0.833. The molecule has 1 rings (SSSR count). The Morgan fingerprint density at radius 1 is 1.69 bits per heavy atom. The maximum Gasteiger partial charge on any atom is 0.311 e. The first-order chi connectivity index (χ1) is 7.45. The number of hydrogen-bond donors (Lipinski definition) is 1. The summed E-state index contributed by atoms with van der Waals surface area (Å²) in [6.07, 6.45) is -2.96. The number of carbonyl (C=O) groups is 1. The Labute approximate surface area is 95.4 Å². The Hall–Kier alpha value is -1.43. The molecule has 0 aliphatic carbocycles. The highest BCUT2D eigenvalue weighted by Crippen LogP contribution is 2.31. The highest BCUT2D eigenvalue weighted by Gasteiger charge is 2.18. The van der Waals surface area contributed by atoms with Gasteiger partial charge in [0.1, 0.15) is 5.82 Å². The molecule has 0 amide bonds. The van der Waals surface area contributed by atoms with Gasteiger partial charge in [0.15, 0.2) is 0 Å². The van der Waals surface area contributed by atoms with Crippen molar-refractivity contribution in [3.05, 3.63) is 22.3 Å². The number of methoxy groups -OCH3 is 1. The largest absolute Gasteiger partial charge is 0.469 e. The molecule has 88 valence electrons. The number of hydrogen-bond acceptors (Lipinski definition) is 4. The highest BCUT2D eigenvalue weighted by atomic mass is 35.5. The van der Waals surface area contributed by atoms with Crippen LogP contribution in [0.15, 0.2) is 6.07 Å². The smallest absolute Gasteiger partial charge is 0.311 e.